The standard InChI is InChI=1S/C35H43FN4O5S/c1-31(2,36)29-37-28(38-45-29)35-15-12-33(13-16-35,14-17-35)21-40(30(41)39-19-34(20-39)22-46(43,44)23-34)27-7-5-6-25(18-27)24-8-10-26(11-9-24)32(3,4)42/h5-11,18,42H,12-17,19-23H2,1-4H3. The summed E-state index contributed by atoms with van der Waals surface area (Å²) in [7, 11) is -2.99. The summed E-state index contributed by atoms with van der Waals surface area (Å²) in [5.41, 5.74) is 0.328. The first-order chi connectivity index (χ1) is 21.5. The van der Waals surface area contributed by atoms with Gasteiger partial charge in [0.1, 0.15) is 0 Å². The molecule has 8 rings (SSSR count). The van der Waals surface area contributed by atoms with E-state index in [4.69, 9.17) is 4.52 Å². The van der Waals surface area contributed by atoms with Crippen molar-refractivity contribution >= 4 is 21.6 Å². The van der Waals surface area contributed by atoms with E-state index in [0.29, 0.717) is 25.5 Å². The number of nitrogens with zero attached hydrogens (tertiary/aromatic N) is 4. The third-order valence-corrected chi connectivity index (χ3v) is 13.1. The lowest BCUT2D eigenvalue weighted by atomic mass is 9.53. The molecule has 3 heterocycles. The van der Waals surface area contributed by atoms with Gasteiger partial charge >= 0.3 is 6.03 Å². The fourth-order valence-corrected chi connectivity index (χ4v) is 10.3. The highest BCUT2D eigenvalue weighted by Crippen LogP contribution is 2.58. The zero-order chi connectivity index (χ0) is 32.8. The summed E-state index contributed by atoms with van der Waals surface area (Å²) < 4.78 is 43.7. The minimum atomic E-state index is -2.99. The van der Waals surface area contributed by atoms with Gasteiger partial charge in [0.05, 0.1) is 17.1 Å². The summed E-state index contributed by atoms with van der Waals surface area (Å²) in [5, 5.41) is 14.6. The monoisotopic (exact) mass is 650 g/mol. The summed E-state index contributed by atoms with van der Waals surface area (Å²) in [4.78, 5) is 22.4. The summed E-state index contributed by atoms with van der Waals surface area (Å²) in [6.45, 7) is 7.83. The maximum Gasteiger partial charge on any atom is 0.324 e. The molecule has 2 aromatic carbocycles. The number of aliphatic hydroxyl groups is 1. The van der Waals surface area contributed by atoms with Crippen LogP contribution in [0.3, 0.4) is 0 Å². The zero-order valence-electron chi connectivity index (χ0n) is 27.1. The Labute approximate surface area is 270 Å². The molecule has 11 heteroatoms. The van der Waals surface area contributed by atoms with Gasteiger partial charge in [-0.1, -0.05) is 41.6 Å². The average Bonchev–Trinajstić information content (AvgIpc) is 3.50. The highest BCUT2D eigenvalue weighted by atomic mass is 32.2. The number of urea groups is 1. The topological polar surface area (TPSA) is 117 Å². The fourth-order valence-electron chi connectivity index (χ4n) is 8.19. The molecule has 9 nitrogen and oxygen atoms in total. The Hall–Kier alpha value is -3.31. The molecule has 246 valence electrons. The van der Waals surface area contributed by atoms with Crippen molar-refractivity contribution in [3.8, 4) is 11.1 Å². The van der Waals surface area contributed by atoms with Crippen molar-refractivity contribution in [2.75, 3.05) is 36.0 Å². The Morgan fingerprint density at radius 1 is 0.978 bits per heavy atom. The van der Waals surface area contributed by atoms with E-state index in [1.807, 2.05) is 53.4 Å². The van der Waals surface area contributed by atoms with Crippen LogP contribution in [0.15, 0.2) is 53.1 Å². The van der Waals surface area contributed by atoms with Gasteiger partial charge in [-0.05, 0) is 100 Å². The lowest BCUT2D eigenvalue weighted by molar-refractivity contribution is 0.0339. The SMILES string of the molecule is CC(C)(O)c1ccc(-c2cccc(N(CC34CCC(c5noc(C(C)(C)F)n5)(CC3)CC4)C(=O)N3CC4(C3)CS(=O)(=O)C4)c2)cc1. The van der Waals surface area contributed by atoms with Crippen molar-refractivity contribution in [1.82, 2.24) is 15.0 Å². The number of carbonyl (C=O) groups excluding carboxylic acids is 1. The van der Waals surface area contributed by atoms with Crippen molar-refractivity contribution in [1.29, 1.82) is 0 Å². The van der Waals surface area contributed by atoms with E-state index in [9.17, 15) is 22.7 Å². The molecule has 2 aliphatic heterocycles. The van der Waals surface area contributed by atoms with Crippen molar-refractivity contribution in [2.45, 2.75) is 82.9 Å². The quantitative estimate of drug-likeness (QED) is 0.328. The molecule has 46 heavy (non-hydrogen) atoms. The van der Waals surface area contributed by atoms with Gasteiger partial charge in [0, 0.05) is 36.2 Å². The molecule has 3 saturated carbocycles. The Morgan fingerprint density at radius 2 is 1.61 bits per heavy atom. The van der Waals surface area contributed by atoms with Crippen LogP contribution in [0.5, 0.6) is 0 Å². The minimum Gasteiger partial charge on any atom is -0.386 e. The summed E-state index contributed by atoms with van der Waals surface area (Å²) >= 11 is 0. The highest BCUT2D eigenvalue weighted by Gasteiger charge is 2.58. The molecule has 1 N–H and O–H groups in total. The lowest BCUT2D eigenvalue weighted by Gasteiger charge is -2.57. The molecule has 3 aromatic rings. The van der Waals surface area contributed by atoms with E-state index in [1.54, 1.807) is 18.7 Å². The minimum absolute atomic E-state index is 0.0113. The maximum atomic E-state index is 14.5. The van der Waals surface area contributed by atoms with Crippen LogP contribution in [-0.4, -0.2) is 65.7 Å². The number of amides is 2. The van der Waals surface area contributed by atoms with Gasteiger partial charge in [-0.25, -0.2) is 17.6 Å². The summed E-state index contributed by atoms with van der Waals surface area (Å²) in [6, 6.07) is 15.8. The normalized spacial score (nSPS) is 26.4. The van der Waals surface area contributed by atoms with Crippen molar-refractivity contribution in [2.24, 2.45) is 10.8 Å². The number of hydrogen-bond donors (Lipinski definition) is 1. The van der Waals surface area contributed by atoms with Gasteiger partial charge < -0.3 is 14.5 Å². The molecular formula is C35H43FN4O5S. The number of alkyl halides is 1. The number of rotatable bonds is 7. The first-order valence-electron chi connectivity index (χ1n) is 16.2. The number of likely N-dealkylation sites (tertiary alicyclic amines) is 1. The molecule has 0 atom stereocenters. The van der Waals surface area contributed by atoms with Crippen LogP contribution in [0.1, 0.15) is 83.5 Å². The molecular weight excluding hydrogens is 607 g/mol. The lowest BCUT2D eigenvalue weighted by Crippen LogP contribution is -2.71. The van der Waals surface area contributed by atoms with E-state index in [2.05, 4.69) is 10.1 Å². The first kappa shape index (κ1) is 31.3. The molecule has 0 unspecified atom stereocenters. The highest BCUT2D eigenvalue weighted by molar-refractivity contribution is 7.92. The number of carbonyl (C=O) groups is 1. The van der Waals surface area contributed by atoms with Gasteiger partial charge in [0.25, 0.3) is 5.89 Å². The number of sulfone groups is 1. The Balaban J connectivity index is 1.14. The second kappa shape index (κ2) is 10.3. The smallest absolute Gasteiger partial charge is 0.324 e. The molecule has 3 aliphatic carbocycles. The number of anilines is 1. The van der Waals surface area contributed by atoms with Gasteiger partial charge in [-0.3, -0.25) is 4.90 Å². The second-order valence-corrected chi connectivity index (χ2v) is 17.7. The van der Waals surface area contributed by atoms with Gasteiger partial charge in [0.2, 0.25) is 0 Å². The van der Waals surface area contributed by atoms with E-state index in [0.717, 1.165) is 60.9 Å². The fraction of sp³-hybridized carbons (Fsp3) is 0.571. The van der Waals surface area contributed by atoms with E-state index < -0.39 is 21.1 Å². The predicted octanol–water partition coefficient (Wildman–Crippen LogP) is 6.12. The van der Waals surface area contributed by atoms with Crippen LogP contribution in [0.2, 0.25) is 0 Å². The van der Waals surface area contributed by atoms with E-state index in [1.165, 1.54) is 13.8 Å². The second-order valence-electron chi connectivity index (χ2n) is 15.6. The number of fused-ring (bicyclic) bond motifs is 3. The van der Waals surface area contributed by atoms with Crippen LogP contribution in [0.25, 0.3) is 11.1 Å². The van der Waals surface area contributed by atoms with E-state index >= 15 is 0 Å². The number of benzene rings is 2. The molecule has 1 aromatic heterocycles. The first-order valence-corrected chi connectivity index (χ1v) is 18.1. The molecule has 2 bridgehead atoms. The maximum absolute atomic E-state index is 14.5. The third kappa shape index (κ3) is 5.53. The van der Waals surface area contributed by atoms with Gasteiger partial charge in [-0.2, -0.15) is 4.98 Å². The van der Waals surface area contributed by atoms with Gasteiger partial charge in [0.15, 0.2) is 21.3 Å². The molecule has 0 radical (unpaired) electrons. The van der Waals surface area contributed by atoms with Gasteiger partial charge in [-0.15, -0.1) is 0 Å². The van der Waals surface area contributed by atoms with Crippen molar-refractivity contribution in [3.05, 3.63) is 65.8 Å². The molecule has 5 fully saturated rings. The number of aromatic nitrogens is 2. The van der Waals surface area contributed by atoms with E-state index in [-0.39, 0.29) is 39.7 Å². The van der Waals surface area contributed by atoms with Crippen LogP contribution in [0, 0.1) is 10.8 Å². The third-order valence-electron chi connectivity index (χ3n) is 11.0. The van der Waals surface area contributed by atoms with Crippen molar-refractivity contribution in [3.63, 3.8) is 0 Å². The molecule has 2 saturated heterocycles. The molecule has 2 amide bonds. The predicted molar refractivity (Wildman–Crippen MR) is 173 cm³/mol. The Bertz CT molecular complexity index is 1730. The average molecular weight is 651 g/mol. The number of hydrogen-bond acceptors (Lipinski definition) is 7. The largest absolute Gasteiger partial charge is 0.386 e. The summed E-state index contributed by atoms with van der Waals surface area (Å²) in [5.74, 6) is 0.920. The summed E-state index contributed by atoms with van der Waals surface area (Å²) in [6.07, 6.45) is 5.21. The Morgan fingerprint density at radius 3 is 2.15 bits per heavy atom. The molecule has 1 spiro atoms. The zero-order valence-corrected chi connectivity index (χ0v) is 27.9. The van der Waals surface area contributed by atoms with Crippen molar-refractivity contribution < 1.29 is 27.2 Å². The van der Waals surface area contributed by atoms with Crippen LogP contribution < -0.4 is 4.90 Å². The Kier molecular flexibility index (Phi) is 7.04. The number of halogens is 1. The molecule has 5 aliphatic rings. The van der Waals surface area contributed by atoms with Crippen LogP contribution in [0.4, 0.5) is 14.9 Å². The van der Waals surface area contributed by atoms with Crippen LogP contribution >= 0.6 is 0 Å². The van der Waals surface area contributed by atoms with Crippen LogP contribution in [-0.2, 0) is 26.5 Å².